The van der Waals surface area contributed by atoms with Crippen molar-refractivity contribution in [1.29, 1.82) is 0 Å². The quantitative estimate of drug-likeness (QED) is 0.156. The van der Waals surface area contributed by atoms with E-state index in [9.17, 15) is 23.2 Å². The molecule has 0 saturated heterocycles. The highest BCUT2D eigenvalue weighted by Gasteiger charge is 2.27. The molecule has 1 saturated carbocycles. The molecule has 1 atom stereocenters. The molecule has 3 aromatic heterocycles. The Morgan fingerprint density at radius 1 is 1.11 bits per heavy atom. The van der Waals surface area contributed by atoms with Crippen LogP contribution in [0.4, 0.5) is 8.78 Å². The summed E-state index contributed by atoms with van der Waals surface area (Å²) < 4.78 is 45.2. The first-order valence-corrected chi connectivity index (χ1v) is 15.6. The molecular formula is C32H40F2N6O5. The number of hydrogen-bond donors (Lipinski definition) is 0. The average molecular weight is 627 g/mol. The van der Waals surface area contributed by atoms with Crippen molar-refractivity contribution in [3.05, 3.63) is 68.6 Å². The Morgan fingerprint density at radius 3 is 2.56 bits per heavy atom. The van der Waals surface area contributed by atoms with E-state index in [1.54, 1.807) is 47.6 Å². The predicted molar refractivity (Wildman–Crippen MR) is 164 cm³/mol. The van der Waals surface area contributed by atoms with Gasteiger partial charge in [-0.05, 0) is 44.7 Å². The van der Waals surface area contributed by atoms with E-state index in [4.69, 9.17) is 14.5 Å². The molecule has 5 rings (SSSR count). The van der Waals surface area contributed by atoms with Gasteiger partial charge in [0.15, 0.2) is 11.2 Å². The standard InChI is InChI=1S/C32H40F2N6O5/c1-5-15-39-29(41)26-28(38(6-2)31(39)43)36-27(40(26)20-44-21(3)45-30(42)23-12-8-7-9-13-23)24-17-35-37(19-24)18-22-11-10-14-25(16-22)32(4,33)34/h10-11,14,16-17,19,21,23H,5-9,12-13,15,18,20H2,1-4H3. The second kappa shape index (κ2) is 13.5. The molecule has 1 fully saturated rings. The minimum atomic E-state index is -2.97. The molecule has 1 aromatic carbocycles. The van der Waals surface area contributed by atoms with Gasteiger partial charge in [0, 0.05) is 31.8 Å². The average Bonchev–Trinajstić information content (AvgIpc) is 3.63. The van der Waals surface area contributed by atoms with Crippen LogP contribution in [0.5, 0.6) is 0 Å². The molecule has 4 aromatic rings. The maximum Gasteiger partial charge on any atom is 0.332 e. The van der Waals surface area contributed by atoms with E-state index in [1.165, 1.54) is 21.3 Å². The fourth-order valence-corrected chi connectivity index (χ4v) is 5.85. The van der Waals surface area contributed by atoms with E-state index in [0.717, 1.165) is 39.0 Å². The number of nitrogens with zero attached hydrogens (tertiary/aromatic N) is 6. The van der Waals surface area contributed by atoms with Crippen LogP contribution in [0.2, 0.25) is 0 Å². The number of rotatable bonds is 12. The number of fused-ring (bicyclic) bond motifs is 1. The number of imidazole rings is 1. The zero-order chi connectivity index (χ0) is 32.3. The molecule has 0 bridgehead atoms. The Hall–Kier alpha value is -4.13. The van der Waals surface area contributed by atoms with Crippen LogP contribution < -0.4 is 11.2 Å². The summed E-state index contributed by atoms with van der Waals surface area (Å²) in [5.74, 6) is -3.10. The van der Waals surface area contributed by atoms with Crippen LogP contribution in [0.25, 0.3) is 22.6 Å². The van der Waals surface area contributed by atoms with Gasteiger partial charge in [0.25, 0.3) is 11.5 Å². The van der Waals surface area contributed by atoms with Gasteiger partial charge in [0.2, 0.25) is 6.29 Å². The lowest BCUT2D eigenvalue weighted by molar-refractivity contribution is -0.186. The van der Waals surface area contributed by atoms with Crippen LogP contribution >= 0.6 is 0 Å². The zero-order valence-electron chi connectivity index (χ0n) is 26.2. The van der Waals surface area contributed by atoms with Gasteiger partial charge in [-0.2, -0.15) is 5.10 Å². The van der Waals surface area contributed by atoms with Crippen LogP contribution in [-0.2, 0) is 46.6 Å². The number of carbonyl (C=O) groups excluding carboxylic acids is 1. The molecule has 1 aliphatic rings. The Morgan fingerprint density at radius 2 is 1.87 bits per heavy atom. The first-order chi connectivity index (χ1) is 21.5. The normalized spacial score (nSPS) is 15.1. The third-order valence-corrected chi connectivity index (χ3v) is 8.21. The Kier molecular flexibility index (Phi) is 9.66. The number of carbonyl (C=O) groups is 1. The van der Waals surface area contributed by atoms with E-state index < -0.39 is 23.5 Å². The van der Waals surface area contributed by atoms with E-state index in [0.29, 0.717) is 23.4 Å². The summed E-state index contributed by atoms with van der Waals surface area (Å²) in [5.41, 5.74) is 0.497. The predicted octanol–water partition coefficient (Wildman–Crippen LogP) is 5.26. The summed E-state index contributed by atoms with van der Waals surface area (Å²) in [6.45, 7) is 6.71. The minimum Gasteiger partial charge on any atom is -0.436 e. The highest BCUT2D eigenvalue weighted by atomic mass is 19.3. The second-order valence-electron chi connectivity index (χ2n) is 11.7. The number of aromatic nitrogens is 6. The summed E-state index contributed by atoms with van der Waals surface area (Å²) in [5, 5.41) is 4.42. The van der Waals surface area contributed by atoms with Gasteiger partial charge in [-0.3, -0.25) is 28.0 Å². The molecule has 0 spiro atoms. The first kappa shape index (κ1) is 32.3. The largest absolute Gasteiger partial charge is 0.436 e. The van der Waals surface area contributed by atoms with Gasteiger partial charge in [-0.1, -0.05) is 44.4 Å². The lowest BCUT2D eigenvalue weighted by Crippen LogP contribution is -2.40. The fraction of sp³-hybridized carbons (Fsp3) is 0.531. The molecule has 1 unspecified atom stereocenters. The third kappa shape index (κ3) is 6.92. The summed E-state index contributed by atoms with van der Waals surface area (Å²) in [6, 6.07) is 6.14. The van der Waals surface area contributed by atoms with Crippen LogP contribution in [0.3, 0.4) is 0 Å². The molecule has 0 N–H and O–H groups in total. The van der Waals surface area contributed by atoms with Gasteiger partial charge < -0.3 is 9.47 Å². The van der Waals surface area contributed by atoms with Gasteiger partial charge in [-0.25, -0.2) is 18.6 Å². The van der Waals surface area contributed by atoms with E-state index >= 15 is 0 Å². The summed E-state index contributed by atoms with van der Waals surface area (Å²) in [7, 11) is 0. The molecule has 45 heavy (non-hydrogen) atoms. The molecule has 3 heterocycles. The minimum absolute atomic E-state index is 0.0921. The second-order valence-corrected chi connectivity index (χ2v) is 11.7. The summed E-state index contributed by atoms with van der Waals surface area (Å²) in [6.07, 6.45) is 7.62. The molecule has 13 heteroatoms. The monoisotopic (exact) mass is 626 g/mol. The number of ether oxygens (including phenoxy) is 2. The van der Waals surface area contributed by atoms with Crippen molar-refractivity contribution in [2.24, 2.45) is 5.92 Å². The summed E-state index contributed by atoms with van der Waals surface area (Å²) >= 11 is 0. The maximum absolute atomic E-state index is 13.9. The van der Waals surface area contributed by atoms with E-state index in [1.807, 2.05) is 6.92 Å². The van der Waals surface area contributed by atoms with Crippen LogP contribution in [0.1, 0.15) is 77.3 Å². The van der Waals surface area contributed by atoms with Gasteiger partial charge in [0.1, 0.15) is 12.6 Å². The first-order valence-electron chi connectivity index (χ1n) is 15.6. The van der Waals surface area contributed by atoms with Crippen molar-refractivity contribution < 1.29 is 23.0 Å². The molecule has 1 aliphatic carbocycles. The molecule has 11 nitrogen and oxygen atoms in total. The van der Waals surface area contributed by atoms with Crippen molar-refractivity contribution in [2.75, 3.05) is 0 Å². The van der Waals surface area contributed by atoms with Gasteiger partial charge >= 0.3 is 11.7 Å². The fourth-order valence-electron chi connectivity index (χ4n) is 5.85. The molecule has 242 valence electrons. The van der Waals surface area contributed by atoms with Crippen molar-refractivity contribution in [1.82, 2.24) is 28.5 Å². The van der Waals surface area contributed by atoms with Crippen LogP contribution in [-0.4, -0.2) is 40.7 Å². The number of benzene rings is 1. The van der Waals surface area contributed by atoms with E-state index in [2.05, 4.69) is 5.10 Å². The topological polar surface area (TPSA) is 115 Å². The number of halogens is 2. The Labute approximate surface area is 259 Å². The Bertz CT molecular complexity index is 1780. The van der Waals surface area contributed by atoms with Gasteiger partial charge in [0.05, 0.1) is 24.2 Å². The molecule has 0 amide bonds. The SMILES string of the molecule is CCCn1c(=O)c2c(nc(-c3cnn(Cc4cccc(C(C)(F)F)c4)c3)n2COC(C)OC(=O)C2CCCCC2)n(CC)c1=O. The summed E-state index contributed by atoms with van der Waals surface area (Å²) in [4.78, 5) is 44.4. The van der Waals surface area contributed by atoms with Crippen molar-refractivity contribution in [3.63, 3.8) is 0 Å². The van der Waals surface area contributed by atoms with Crippen molar-refractivity contribution >= 4 is 17.1 Å². The molecular weight excluding hydrogens is 586 g/mol. The van der Waals surface area contributed by atoms with Gasteiger partial charge in [-0.15, -0.1) is 0 Å². The number of esters is 1. The maximum atomic E-state index is 13.9. The van der Waals surface area contributed by atoms with Crippen LogP contribution in [0, 0.1) is 5.92 Å². The smallest absolute Gasteiger partial charge is 0.332 e. The number of hydrogen-bond acceptors (Lipinski definition) is 7. The third-order valence-electron chi connectivity index (χ3n) is 8.21. The highest BCUT2D eigenvalue weighted by Crippen LogP contribution is 2.28. The zero-order valence-corrected chi connectivity index (χ0v) is 26.2. The molecule has 0 radical (unpaired) electrons. The number of alkyl halides is 2. The lowest BCUT2D eigenvalue weighted by atomic mass is 9.89. The highest BCUT2D eigenvalue weighted by molar-refractivity contribution is 5.76. The number of aryl methyl sites for hydroxylation is 1. The van der Waals surface area contributed by atoms with Crippen molar-refractivity contribution in [3.8, 4) is 11.4 Å². The van der Waals surface area contributed by atoms with E-state index in [-0.39, 0.29) is 55.0 Å². The van der Waals surface area contributed by atoms with Crippen molar-refractivity contribution in [2.45, 2.75) is 105 Å². The Balaban J connectivity index is 1.50. The molecule has 0 aliphatic heterocycles. The van der Waals surface area contributed by atoms with Crippen LogP contribution in [0.15, 0.2) is 46.2 Å². The lowest BCUT2D eigenvalue weighted by Gasteiger charge is -2.22.